The Balaban J connectivity index is 2.52. The summed E-state index contributed by atoms with van der Waals surface area (Å²) < 4.78 is 0. The van der Waals surface area contributed by atoms with E-state index in [1.54, 1.807) is 12.3 Å². The van der Waals surface area contributed by atoms with E-state index in [9.17, 15) is 0 Å². The molecule has 2 aromatic heterocycles. The predicted octanol–water partition coefficient (Wildman–Crippen LogP) is 2.61. The number of hydrogen-bond acceptors (Lipinski definition) is 6. The van der Waals surface area contributed by atoms with Crippen molar-refractivity contribution in [1.29, 1.82) is 0 Å². The molecule has 0 atom stereocenters. The van der Waals surface area contributed by atoms with Crippen molar-refractivity contribution in [3.8, 4) is 0 Å². The van der Waals surface area contributed by atoms with Crippen molar-refractivity contribution >= 4 is 28.9 Å². The largest absolute Gasteiger partial charge is 0.404 e. The maximum Gasteiger partial charge on any atom is 0.189 e. The highest BCUT2D eigenvalue weighted by molar-refractivity contribution is 7.98. The summed E-state index contributed by atoms with van der Waals surface area (Å²) in [6.45, 7) is 3.88. The second-order valence-corrected chi connectivity index (χ2v) is 5.27. The normalized spacial score (nSPS) is 11.7. The molecule has 2 aromatic rings. The molecule has 0 aromatic carbocycles. The molecule has 7 heteroatoms. The van der Waals surface area contributed by atoms with Gasteiger partial charge < -0.3 is 5.73 Å². The Labute approximate surface area is 126 Å². The first-order chi connectivity index (χ1) is 9.55. The summed E-state index contributed by atoms with van der Waals surface area (Å²) in [4.78, 5) is 17.2. The Morgan fingerprint density at radius 3 is 2.65 bits per heavy atom. The molecular formula is C13H14ClN5S. The van der Waals surface area contributed by atoms with Crippen LogP contribution in [0.4, 0.5) is 0 Å². The van der Waals surface area contributed by atoms with Crippen LogP contribution in [0.3, 0.4) is 0 Å². The highest BCUT2D eigenvalue weighted by Gasteiger charge is 2.13. The van der Waals surface area contributed by atoms with Crippen molar-refractivity contribution in [2.24, 2.45) is 5.73 Å². The lowest BCUT2D eigenvalue weighted by molar-refractivity contribution is 0.947. The van der Waals surface area contributed by atoms with E-state index in [2.05, 4.69) is 19.9 Å². The molecule has 0 unspecified atom stereocenters. The first-order valence-corrected chi connectivity index (χ1v) is 7.47. The van der Waals surface area contributed by atoms with Crippen LogP contribution < -0.4 is 5.73 Å². The van der Waals surface area contributed by atoms with E-state index in [1.165, 1.54) is 18.0 Å². The van der Waals surface area contributed by atoms with E-state index in [1.807, 2.05) is 20.1 Å². The molecule has 2 rings (SSSR count). The molecule has 0 fully saturated rings. The molecule has 0 saturated carbocycles. The minimum absolute atomic E-state index is 0.363. The van der Waals surface area contributed by atoms with Crippen molar-refractivity contribution in [3.05, 3.63) is 46.4 Å². The third kappa shape index (κ3) is 3.08. The monoisotopic (exact) mass is 307 g/mol. The molecule has 0 amide bonds. The SMILES string of the molecule is CSc1nc(Cl)cc(C(=CN)c2ncc(C)c(C)n2)n1. The summed E-state index contributed by atoms with van der Waals surface area (Å²) in [5.74, 6) is 0.525. The number of halogens is 1. The summed E-state index contributed by atoms with van der Waals surface area (Å²) in [6, 6.07) is 1.65. The predicted molar refractivity (Wildman–Crippen MR) is 81.6 cm³/mol. The highest BCUT2D eigenvalue weighted by atomic mass is 35.5. The smallest absolute Gasteiger partial charge is 0.189 e. The van der Waals surface area contributed by atoms with Crippen molar-refractivity contribution in [2.45, 2.75) is 19.0 Å². The molecule has 5 nitrogen and oxygen atoms in total. The third-order valence-corrected chi connectivity index (χ3v) is 3.51. The van der Waals surface area contributed by atoms with E-state index < -0.39 is 0 Å². The molecule has 0 saturated heterocycles. The Morgan fingerprint density at radius 2 is 2.05 bits per heavy atom. The van der Waals surface area contributed by atoms with Crippen LogP contribution in [0, 0.1) is 13.8 Å². The Hall–Kier alpha value is -1.66. The van der Waals surface area contributed by atoms with E-state index in [-0.39, 0.29) is 0 Å². The fourth-order valence-electron chi connectivity index (χ4n) is 1.56. The molecule has 0 radical (unpaired) electrons. The number of nitrogens with zero attached hydrogens (tertiary/aromatic N) is 4. The lowest BCUT2D eigenvalue weighted by atomic mass is 10.1. The number of nitrogens with two attached hydrogens (primary N) is 1. The van der Waals surface area contributed by atoms with Crippen LogP contribution in [0.15, 0.2) is 23.6 Å². The Kier molecular flexibility index (Phi) is 4.57. The molecule has 0 aliphatic carbocycles. The lowest BCUT2D eigenvalue weighted by Crippen LogP contribution is -2.04. The van der Waals surface area contributed by atoms with Crippen LogP contribution in [0.25, 0.3) is 5.57 Å². The summed E-state index contributed by atoms with van der Waals surface area (Å²) in [6.07, 6.45) is 5.08. The van der Waals surface area contributed by atoms with Gasteiger partial charge in [-0.2, -0.15) is 0 Å². The van der Waals surface area contributed by atoms with Crippen molar-refractivity contribution in [1.82, 2.24) is 19.9 Å². The van der Waals surface area contributed by atoms with Gasteiger partial charge in [0, 0.05) is 24.2 Å². The minimum atomic E-state index is 0.363. The van der Waals surface area contributed by atoms with Gasteiger partial charge in [-0.05, 0) is 25.7 Å². The lowest BCUT2D eigenvalue weighted by Gasteiger charge is -2.08. The van der Waals surface area contributed by atoms with E-state index in [0.717, 1.165) is 11.3 Å². The quantitative estimate of drug-likeness (QED) is 0.533. The molecular weight excluding hydrogens is 294 g/mol. The average molecular weight is 308 g/mol. The number of aromatic nitrogens is 4. The standard InChI is InChI=1S/C13H14ClN5S/c1-7-6-16-12(17-8(7)2)9(5-15)10-4-11(14)19-13(18-10)20-3/h4-6H,15H2,1-3H3. The number of thioether (sulfide) groups is 1. The van der Waals surface area contributed by atoms with Gasteiger partial charge in [0.05, 0.1) is 11.3 Å². The zero-order valence-corrected chi connectivity index (χ0v) is 13.0. The zero-order valence-electron chi connectivity index (χ0n) is 11.4. The Morgan fingerprint density at radius 1 is 1.30 bits per heavy atom. The van der Waals surface area contributed by atoms with Crippen molar-refractivity contribution < 1.29 is 0 Å². The molecule has 0 spiro atoms. The van der Waals surface area contributed by atoms with Crippen LogP contribution in [0.5, 0.6) is 0 Å². The zero-order chi connectivity index (χ0) is 14.7. The topological polar surface area (TPSA) is 77.6 Å². The van der Waals surface area contributed by atoms with Gasteiger partial charge >= 0.3 is 0 Å². The molecule has 0 aliphatic heterocycles. The molecule has 2 heterocycles. The fraction of sp³-hybridized carbons (Fsp3) is 0.231. The number of rotatable bonds is 3. The number of hydrogen-bond donors (Lipinski definition) is 1. The summed E-state index contributed by atoms with van der Waals surface area (Å²) in [5, 5.41) is 0.943. The van der Waals surface area contributed by atoms with Gasteiger partial charge in [-0.1, -0.05) is 23.4 Å². The highest BCUT2D eigenvalue weighted by Crippen LogP contribution is 2.23. The first kappa shape index (κ1) is 14.7. The van der Waals surface area contributed by atoms with Gasteiger partial charge in [-0.3, -0.25) is 0 Å². The molecule has 2 N–H and O–H groups in total. The van der Waals surface area contributed by atoms with Gasteiger partial charge in [0.2, 0.25) is 0 Å². The maximum atomic E-state index is 6.00. The second kappa shape index (κ2) is 6.19. The van der Waals surface area contributed by atoms with E-state index in [0.29, 0.717) is 27.4 Å². The average Bonchev–Trinajstić information content (AvgIpc) is 2.43. The van der Waals surface area contributed by atoms with Crippen molar-refractivity contribution in [2.75, 3.05) is 6.26 Å². The Bertz CT molecular complexity index is 672. The second-order valence-electron chi connectivity index (χ2n) is 4.10. The van der Waals surface area contributed by atoms with E-state index >= 15 is 0 Å². The number of aryl methyl sites for hydroxylation is 2. The third-order valence-electron chi connectivity index (χ3n) is 2.77. The van der Waals surface area contributed by atoms with Gasteiger partial charge in [0.15, 0.2) is 11.0 Å². The van der Waals surface area contributed by atoms with Crippen LogP contribution in [0.1, 0.15) is 22.8 Å². The summed E-state index contributed by atoms with van der Waals surface area (Å²) >= 11 is 7.41. The summed E-state index contributed by atoms with van der Waals surface area (Å²) in [7, 11) is 0. The summed E-state index contributed by atoms with van der Waals surface area (Å²) in [5.41, 5.74) is 8.88. The van der Waals surface area contributed by atoms with Crippen LogP contribution in [-0.2, 0) is 0 Å². The van der Waals surface area contributed by atoms with Gasteiger partial charge in [0.25, 0.3) is 0 Å². The molecule has 104 valence electrons. The van der Waals surface area contributed by atoms with Crippen LogP contribution >= 0.6 is 23.4 Å². The van der Waals surface area contributed by atoms with Crippen LogP contribution in [0.2, 0.25) is 5.15 Å². The van der Waals surface area contributed by atoms with Gasteiger partial charge in [-0.15, -0.1) is 0 Å². The first-order valence-electron chi connectivity index (χ1n) is 5.86. The maximum absolute atomic E-state index is 6.00. The van der Waals surface area contributed by atoms with Crippen molar-refractivity contribution in [3.63, 3.8) is 0 Å². The van der Waals surface area contributed by atoms with E-state index in [4.69, 9.17) is 17.3 Å². The minimum Gasteiger partial charge on any atom is -0.404 e. The molecule has 20 heavy (non-hydrogen) atoms. The van der Waals surface area contributed by atoms with Gasteiger partial charge in [0.1, 0.15) is 5.15 Å². The van der Waals surface area contributed by atoms with Crippen LogP contribution in [-0.4, -0.2) is 26.2 Å². The molecule has 0 aliphatic rings. The fourth-order valence-corrected chi connectivity index (χ4v) is 2.17. The van der Waals surface area contributed by atoms with Gasteiger partial charge in [-0.25, -0.2) is 19.9 Å². The molecule has 0 bridgehead atoms.